The Morgan fingerprint density at radius 1 is 0.947 bits per heavy atom. The Kier molecular flexibility index (Phi) is 4.94. The summed E-state index contributed by atoms with van der Waals surface area (Å²) in [6, 6.07) is 7.09. The summed E-state index contributed by atoms with van der Waals surface area (Å²) in [7, 11) is -3.67. The molecule has 0 fully saturated rings. The highest BCUT2D eigenvalue weighted by atomic mass is 28.4. The van der Waals surface area contributed by atoms with E-state index in [1.54, 1.807) is 18.2 Å². The Balaban J connectivity index is 2.85. The smallest absolute Gasteiger partial charge is 0.375 e. The number of carbonyl (C=O) groups excluding carboxylic acids is 1. The zero-order valence-corrected chi connectivity index (χ0v) is 14.4. The van der Waals surface area contributed by atoms with Crippen LogP contribution in [0.5, 0.6) is 5.75 Å². The molecule has 0 aliphatic heterocycles. The van der Waals surface area contributed by atoms with Crippen LogP contribution in [0.2, 0.25) is 39.3 Å². The third-order valence-corrected chi connectivity index (χ3v) is 3.31. The summed E-state index contributed by atoms with van der Waals surface area (Å²) >= 11 is 0. The van der Waals surface area contributed by atoms with E-state index in [0.717, 1.165) is 0 Å². The Hall–Kier alpha value is -1.12. The Morgan fingerprint density at radius 3 is 2.05 bits per heavy atom. The zero-order valence-electron chi connectivity index (χ0n) is 12.4. The van der Waals surface area contributed by atoms with Crippen LogP contribution >= 0.6 is 0 Å². The van der Waals surface area contributed by atoms with Gasteiger partial charge in [-0.1, -0.05) is 12.1 Å². The molecular weight excluding hydrogens is 276 g/mol. The number of para-hydroxylation sites is 1. The average Bonchev–Trinajstić information content (AvgIpc) is 2.23. The van der Waals surface area contributed by atoms with Gasteiger partial charge in [0.15, 0.2) is 0 Å². The minimum absolute atomic E-state index is 0.406. The highest BCUT2D eigenvalue weighted by molar-refractivity contribution is 6.70. The van der Waals surface area contributed by atoms with Crippen molar-refractivity contribution in [1.82, 2.24) is 0 Å². The Labute approximate surface area is 116 Å². The van der Waals surface area contributed by atoms with Gasteiger partial charge in [-0.25, -0.2) is 9.37 Å². The van der Waals surface area contributed by atoms with E-state index in [1.165, 1.54) is 0 Å². The van der Waals surface area contributed by atoms with Crippen molar-refractivity contribution in [3.8, 4) is 5.75 Å². The van der Waals surface area contributed by atoms with Gasteiger partial charge in [0.1, 0.15) is 11.3 Å². The quantitative estimate of drug-likeness (QED) is 0.471. The molecule has 0 N–H and O–H groups in total. The van der Waals surface area contributed by atoms with Crippen molar-refractivity contribution in [2.75, 3.05) is 0 Å². The summed E-state index contributed by atoms with van der Waals surface area (Å²) in [6.45, 7) is 12.0. The normalized spacial score (nSPS) is 12.1. The topological polar surface area (TPSA) is 44.8 Å². The van der Waals surface area contributed by atoms with Gasteiger partial charge in [0, 0.05) is 0 Å². The molecule has 19 heavy (non-hydrogen) atoms. The van der Waals surface area contributed by atoms with Crippen LogP contribution < -0.4 is 4.43 Å². The maximum absolute atomic E-state index is 12.0. The maximum atomic E-state index is 12.0. The summed E-state index contributed by atoms with van der Waals surface area (Å²) in [5.74, 6) is 0.0575. The van der Waals surface area contributed by atoms with Crippen molar-refractivity contribution in [2.45, 2.75) is 39.3 Å². The summed E-state index contributed by atoms with van der Waals surface area (Å²) in [5, 5.41) is 0. The number of rotatable bonds is 5. The number of hydrogen-bond donors (Lipinski definition) is 0. The molecule has 0 saturated heterocycles. The van der Waals surface area contributed by atoms with Crippen molar-refractivity contribution in [1.29, 1.82) is 0 Å². The first kappa shape index (κ1) is 15.9. The molecule has 0 saturated carbocycles. The Bertz CT molecular complexity index is 447. The van der Waals surface area contributed by atoms with Crippen molar-refractivity contribution >= 4 is 22.6 Å². The highest BCUT2D eigenvalue weighted by Gasteiger charge is 2.24. The second-order valence-corrected chi connectivity index (χ2v) is 15.1. The molecule has 0 aliphatic carbocycles. The second-order valence-electron chi connectivity index (χ2n) is 6.28. The molecule has 6 heteroatoms. The fraction of sp³-hybridized carbons (Fsp3) is 0.462. The fourth-order valence-electron chi connectivity index (χ4n) is 1.26. The van der Waals surface area contributed by atoms with Gasteiger partial charge in [-0.2, -0.15) is 0 Å². The van der Waals surface area contributed by atoms with Crippen LogP contribution in [0.3, 0.4) is 0 Å². The van der Waals surface area contributed by atoms with Gasteiger partial charge in [0.05, 0.1) is 0 Å². The monoisotopic (exact) mass is 298 g/mol. The molecule has 0 amide bonds. The first-order valence-corrected chi connectivity index (χ1v) is 13.1. The van der Waals surface area contributed by atoms with Crippen LogP contribution in [-0.2, 0) is 9.46 Å². The lowest BCUT2D eigenvalue weighted by molar-refractivity contribution is -0.159. The van der Waals surface area contributed by atoms with E-state index >= 15 is 0 Å². The molecule has 4 nitrogen and oxygen atoms in total. The maximum Gasteiger partial charge on any atom is 0.375 e. The van der Waals surface area contributed by atoms with Gasteiger partial charge in [0.25, 0.3) is 0 Å². The molecule has 0 atom stereocenters. The molecule has 1 aromatic rings. The van der Waals surface area contributed by atoms with E-state index in [4.69, 9.17) is 13.9 Å². The summed E-state index contributed by atoms with van der Waals surface area (Å²) in [6.07, 6.45) is 0. The fourth-order valence-corrected chi connectivity index (χ4v) is 2.43. The lowest BCUT2D eigenvalue weighted by Crippen LogP contribution is -2.31. The molecule has 0 aliphatic rings. The first-order valence-electron chi connectivity index (χ1n) is 6.26. The minimum atomic E-state index is -1.89. The first-order chi connectivity index (χ1) is 8.58. The lowest BCUT2D eigenvalue weighted by atomic mass is 10.2. The molecule has 0 aromatic heterocycles. The molecule has 1 aromatic carbocycles. The number of carbonyl (C=O) groups is 1. The molecule has 106 valence electrons. The van der Waals surface area contributed by atoms with Crippen molar-refractivity contribution in [3.05, 3.63) is 29.8 Å². The van der Waals surface area contributed by atoms with Gasteiger partial charge in [-0.05, 0) is 51.4 Å². The van der Waals surface area contributed by atoms with E-state index < -0.39 is 22.6 Å². The average molecular weight is 298 g/mol. The van der Waals surface area contributed by atoms with Gasteiger partial charge < -0.3 is 9.31 Å². The molecule has 0 bridgehead atoms. The summed E-state index contributed by atoms with van der Waals surface area (Å²) in [4.78, 5) is 16.9. The van der Waals surface area contributed by atoms with Crippen LogP contribution in [-0.4, -0.2) is 22.6 Å². The van der Waals surface area contributed by atoms with Crippen molar-refractivity contribution < 1.29 is 18.7 Å². The van der Waals surface area contributed by atoms with Gasteiger partial charge in [-0.15, -0.1) is 0 Å². The SMILES string of the molecule is C[Si](C)(C)OOC(=O)c1ccccc1O[Si](C)(C)C. The molecule has 0 heterocycles. The van der Waals surface area contributed by atoms with E-state index in [0.29, 0.717) is 11.3 Å². The molecule has 0 unspecified atom stereocenters. The Morgan fingerprint density at radius 2 is 1.53 bits per heavy atom. The van der Waals surface area contributed by atoms with Crippen molar-refractivity contribution in [2.24, 2.45) is 0 Å². The van der Waals surface area contributed by atoms with E-state index in [2.05, 4.69) is 19.6 Å². The van der Waals surface area contributed by atoms with Crippen LogP contribution in [0.25, 0.3) is 0 Å². The van der Waals surface area contributed by atoms with Crippen molar-refractivity contribution in [3.63, 3.8) is 0 Å². The largest absolute Gasteiger partial charge is 0.544 e. The zero-order chi connectivity index (χ0) is 14.7. The van der Waals surface area contributed by atoms with Crippen LogP contribution in [0.1, 0.15) is 10.4 Å². The molecular formula is C13H22O4Si2. The highest BCUT2D eigenvalue weighted by Crippen LogP contribution is 2.23. The molecule has 0 radical (unpaired) electrons. The minimum Gasteiger partial charge on any atom is -0.544 e. The molecule has 1 rings (SSSR count). The predicted molar refractivity (Wildman–Crippen MR) is 80.3 cm³/mol. The predicted octanol–water partition coefficient (Wildman–Crippen LogP) is 3.82. The second kappa shape index (κ2) is 5.89. The van der Waals surface area contributed by atoms with Gasteiger partial charge in [0.2, 0.25) is 16.6 Å². The van der Waals surface area contributed by atoms with E-state index in [-0.39, 0.29) is 0 Å². The van der Waals surface area contributed by atoms with E-state index in [1.807, 2.05) is 25.7 Å². The summed E-state index contributed by atoms with van der Waals surface area (Å²) < 4.78 is 11.1. The van der Waals surface area contributed by atoms with Crippen LogP contribution in [0.4, 0.5) is 0 Å². The number of benzene rings is 1. The van der Waals surface area contributed by atoms with Crippen LogP contribution in [0.15, 0.2) is 24.3 Å². The van der Waals surface area contributed by atoms with Crippen LogP contribution in [0, 0.1) is 0 Å². The van der Waals surface area contributed by atoms with E-state index in [9.17, 15) is 4.79 Å². The third-order valence-electron chi connectivity index (χ3n) is 1.89. The van der Waals surface area contributed by atoms with Gasteiger partial charge >= 0.3 is 5.97 Å². The standard InChI is InChI=1S/C13H22O4Si2/c1-18(2,3)16-12-10-8-7-9-11(12)13(14)15-17-19(4,5)6/h7-10H,1-6H3. The summed E-state index contributed by atoms with van der Waals surface area (Å²) in [5.41, 5.74) is 0.406. The van der Waals surface area contributed by atoms with Gasteiger partial charge in [-0.3, -0.25) is 0 Å². The third kappa shape index (κ3) is 6.04. The number of hydrogen-bond acceptors (Lipinski definition) is 4. The lowest BCUT2D eigenvalue weighted by Gasteiger charge is -2.21. The molecule has 0 spiro atoms.